The lowest BCUT2D eigenvalue weighted by Gasteiger charge is -2.33. The van der Waals surface area contributed by atoms with E-state index in [0.717, 1.165) is 37.2 Å². The van der Waals surface area contributed by atoms with E-state index >= 15 is 0 Å². The molecule has 3 rings (SSSR count). The SMILES string of the molecule is Cc1c(OC2CCN(C[C@H](O)CNC(=O)c3ccc(Cl)c(OOC(=O)CC(C)(C)C)c3)CC2)ccc(Cl)c1Cl. The van der Waals surface area contributed by atoms with Gasteiger partial charge in [-0.05, 0) is 55.5 Å². The van der Waals surface area contributed by atoms with Crippen molar-refractivity contribution < 1.29 is 29.2 Å². The molecule has 1 aliphatic rings. The average molecular weight is 602 g/mol. The van der Waals surface area contributed by atoms with E-state index in [1.165, 1.54) is 18.2 Å². The lowest BCUT2D eigenvalue weighted by Crippen LogP contribution is -2.45. The molecule has 2 N–H and O–H groups in total. The van der Waals surface area contributed by atoms with Crippen molar-refractivity contribution in [1.82, 2.24) is 10.2 Å². The van der Waals surface area contributed by atoms with Crippen LogP contribution in [0.1, 0.15) is 56.0 Å². The highest BCUT2D eigenvalue weighted by Crippen LogP contribution is 2.33. The Morgan fingerprint density at radius 3 is 2.41 bits per heavy atom. The number of benzene rings is 2. The number of ether oxygens (including phenoxy) is 1. The van der Waals surface area contributed by atoms with Crippen molar-refractivity contribution in [2.75, 3.05) is 26.2 Å². The number of hydrogen-bond acceptors (Lipinski definition) is 7. The van der Waals surface area contributed by atoms with Gasteiger partial charge in [-0.15, -0.1) is 0 Å². The zero-order chi connectivity index (χ0) is 28.7. The van der Waals surface area contributed by atoms with Crippen molar-refractivity contribution in [2.45, 2.75) is 59.2 Å². The van der Waals surface area contributed by atoms with Gasteiger partial charge in [-0.3, -0.25) is 14.6 Å². The molecule has 8 nitrogen and oxygen atoms in total. The van der Waals surface area contributed by atoms with Gasteiger partial charge in [0.25, 0.3) is 5.91 Å². The number of rotatable bonds is 10. The fourth-order valence-corrected chi connectivity index (χ4v) is 4.60. The number of piperidine rings is 1. The Morgan fingerprint density at radius 1 is 1.08 bits per heavy atom. The van der Waals surface area contributed by atoms with Crippen LogP contribution in [0.3, 0.4) is 0 Å². The molecule has 0 aromatic heterocycles. The number of nitrogens with zero attached hydrogens (tertiary/aromatic N) is 1. The zero-order valence-corrected chi connectivity index (χ0v) is 24.8. The normalized spacial score (nSPS) is 15.5. The standard InChI is InChI=1S/C28H35Cl3N2O6/c1-17-23(8-7-22(30)26(17)31)37-20-9-11-33(12-10-20)16-19(34)15-32-27(36)18-5-6-21(29)24(13-18)38-39-25(35)14-28(2,3)4/h5-8,13,19-20,34H,9-12,14-16H2,1-4H3,(H,32,36)/t19-/m1/s1. The minimum atomic E-state index is -0.759. The molecule has 0 spiro atoms. The Kier molecular flexibility index (Phi) is 11.2. The van der Waals surface area contributed by atoms with E-state index in [9.17, 15) is 14.7 Å². The van der Waals surface area contributed by atoms with Crippen molar-refractivity contribution in [3.05, 3.63) is 56.5 Å². The number of carbonyl (C=O) groups excluding carboxylic acids is 2. The van der Waals surface area contributed by atoms with E-state index in [0.29, 0.717) is 16.6 Å². The molecule has 1 amide bonds. The number of halogens is 3. The quantitative estimate of drug-likeness (QED) is 0.260. The van der Waals surface area contributed by atoms with Gasteiger partial charge in [0.05, 0.1) is 27.6 Å². The predicted molar refractivity (Wildman–Crippen MR) is 152 cm³/mol. The second kappa shape index (κ2) is 13.9. The summed E-state index contributed by atoms with van der Waals surface area (Å²) in [5.41, 5.74) is 0.810. The fourth-order valence-electron chi connectivity index (χ4n) is 4.09. The average Bonchev–Trinajstić information content (AvgIpc) is 2.87. The Bertz CT molecular complexity index is 1160. The maximum Gasteiger partial charge on any atom is 0.355 e. The summed E-state index contributed by atoms with van der Waals surface area (Å²) in [5.74, 6) is -0.185. The van der Waals surface area contributed by atoms with Crippen LogP contribution in [0.25, 0.3) is 0 Å². The molecule has 0 saturated carbocycles. The van der Waals surface area contributed by atoms with Crippen LogP contribution in [0.4, 0.5) is 0 Å². The van der Waals surface area contributed by atoms with Gasteiger partial charge >= 0.3 is 5.97 Å². The third kappa shape index (κ3) is 9.72. The number of β-amino-alcohol motifs (C(OH)–C–C–N with tert-alkyl or cyclic N) is 1. The third-order valence-corrected chi connectivity index (χ3v) is 7.39. The highest BCUT2D eigenvalue weighted by Gasteiger charge is 2.24. The third-order valence-electron chi connectivity index (χ3n) is 6.18. The van der Waals surface area contributed by atoms with E-state index in [-0.39, 0.29) is 40.8 Å². The maximum absolute atomic E-state index is 12.6. The summed E-state index contributed by atoms with van der Waals surface area (Å²) in [6, 6.07) is 7.94. The molecule has 39 heavy (non-hydrogen) atoms. The van der Waals surface area contributed by atoms with Crippen LogP contribution >= 0.6 is 34.8 Å². The van der Waals surface area contributed by atoms with E-state index < -0.39 is 18.0 Å². The van der Waals surface area contributed by atoms with Crippen molar-refractivity contribution in [3.8, 4) is 11.5 Å². The topological polar surface area (TPSA) is 97.3 Å². The van der Waals surface area contributed by atoms with Gasteiger partial charge in [0.15, 0.2) is 5.75 Å². The highest BCUT2D eigenvalue weighted by molar-refractivity contribution is 6.42. The molecule has 0 unspecified atom stereocenters. The van der Waals surface area contributed by atoms with Crippen LogP contribution in [0.15, 0.2) is 30.3 Å². The van der Waals surface area contributed by atoms with Crippen LogP contribution in [0, 0.1) is 12.3 Å². The number of aliphatic hydroxyl groups is 1. The number of amides is 1. The second-order valence-corrected chi connectivity index (χ2v) is 12.1. The summed E-state index contributed by atoms with van der Waals surface area (Å²) >= 11 is 18.4. The minimum Gasteiger partial charge on any atom is -0.490 e. The minimum absolute atomic E-state index is 0.0445. The summed E-state index contributed by atoms with van der Waals surface area (Å²) in [6.45, 7) is 9.56. The van der Waals surface area contributed by atoms with Crippen LogP contribution in [0.5, 0.6) is 11.5 Å². The first-order valence-electron chi connectivity index (χ1n) is 12.8. The molecule has 1 saturated heterocycles. The fraction of sp³-hybridized carbons (Fsp3) is 0.500. The molecule has 11 heteroatoms. The molecule has 1 fully saturated rings. The molecule has 0 bridgehead atoms. The van der Waals surface area contributed by atoms with Gasteiger partial charge in [-0.2, -0.15) is 0 Å². The predicted octanol–water partition coefficient (Wildman–Crippen LogP) is 5.86. The lowest BCUT2D eigenvalue weighted by molar-refractivity contribution is -0.215. The molecule has 214 valence electrons. The maximum atomic E-state index is 12.6. The molecule has 1 heterocycles. The first-order valence-corrected chi connectivity index (χ1v) is 13.9. The highest BCUT2D eigenvalue weighted by atomic mass is 35.5. The smallest absolute Gasteiger partial charge is 0.355 e. The molecule has 0 radical (unpaired) electrons. The van der Waals surface area contributed by atoms with Gasteiger partial charge in [-0.1, -0.05) is 55.6 Å². The molecule has 1 aliphatic heterocycles. The molecular formula is C28H35Cl3N2O6. The molecule has 1 atom stereocenters. The largest absolute Gasteiger partial charge is 0.490 e. The van der Waals surface area contributed by atoms with Crippen LogP contribution in [-0.4, -0.2) is 60.3 Å². The van der Waals surface area contributed by atoms with Gasteiger partial charge in [0.1, 0.15) is 11.9 Å². The Morgan fingerprint density at radius 2 is 1.74 bits per heavy atom. The van der Waals surface area contributed by atoms with E-state index in [1.54, 1.807) is 6.07 Å². The monoisotopic (exact) mass is 600 g/mol. The Balaban J connectivity index is 1.42. The van der Waals surface area contributed by atoms with Crippen LogP contribution < -0.4 is 14.9 Å². The van der Waals surface area contributed by atoms with E-state index in [1.807, 2.05) is 33.8 Å². The number of aliphatic hydroxyl groups excluding tert-OH is 1. The number of likely N-dealkylation sites (tertiary alicyclic amines) is 1. The summed E-state index contributed by atoms with van der Waals surface area (Å²) in [4.78, 5) is 36.6. The first-order chi connectivity index (χ1) is 18.3. The Labute approximate surface area is 244 Å². The van der Waals surface area contributed by atoms with Gasteiger partial charge in [0.2, 0.25) is 0 Å². The summed E-state index contributed by atoms with van der Waals surface area (Å²) in [7, 11) is 0. The molecule has 2 aromatic carbocycles. The van der Waals surface area contributed by atoms with Gasteiger partial charge < -0.3 is 20.1 Å². The first kappa shape index (κ1) is 31.3. The Hall–Kier alpha value is -2.23. The van der Waals surface area contributed by atoms with Crippen molar-refractivity contribution >= 4 is 46.7 Å². The van der Waals surface area contributed by atoms with Crippen LogP contribution in [0.2, 0.25) is 15.1 Å². The van der Waals surface area contributed by atoms with Crippen molar-refractivity contribution in [2.24, 2.45) is 5.41 Å². The number of hydrogen-bond donors (Lipinski definition) is 2. The van der Waals surface area contributed by atoms with Crippen molar-refractivity contribution in [1.29, 1.82) is 0 Å². The summed E-state index contributed by atoms with van der Waals surface area (Å²) < 4.78 is 6.14. The van der Waals surface area contributed by atoms with E-state index in [4.69, 9.17) is 49.3 Å². The molecule has 2 aromatic rings. The summed E-state index contributed by atoms with van der Waals surface area (Å²) in [6.07, 6.45) is 1.04. The molecule has 0 aliphatic carbocycles. The number of carbonyl (C=O) groups is 2. The van der Waals surface area contributed by atoms with Gasteiger partial charge in [0, 0.05) is 37.3 Å². The lowest BCUT2D eigenvalue weighted by atomic mass is 9.93. The molecular weight excluding hydrogens is 567 g/mol. The second-order valence-electron chi connectivity index (χ2n) is 10.9. The van der Waals surface area contributed by atoms with Crippen LogP contribution in [-0.2, 0) is 9.68 Å². The van der Waals surface area contributed by atoms with E-state index in [2.05, 4.69) is 10.2 Å². The summed E-state index contributed by atoms with van der Waals surface area (Å²) in [5, 5.41) is 14.4. The van der Waals surface area contributed by atoms with Gasteiger partial charge in [-0.25, -0.2) is 4.79 Å². The van der Waals surface area contributed by atoms with Crippen molar-refractivity contribution in [3.63, 3.8) is 0 Å². The number of nitrogens with one attached hydrogen (secondary N) is 1. The zero-order valence-electron chi connectivity index (χ0n) is 22.6.